The average molecular weight is 334 g/mol. The molecule has 0 saturated heterocycles. The number of aromatic nitrogens is 3. The Labute approximate surface area is 139 Å². The molecule has 7 heteroatoms. The molecule has 24 heavy (non-hydrogen) atoms. The van der Waals surface area contributed by atoms with E-state index in [1.54, 1.807) is 16.8 Å². The van der Waals surface area contributed by atoms with Gasteiger partial charge in [-0.1, -0.05) is 13.0 Å². The van der Waals surface area contributed by atoms with E-state index in [1.165, 1.54) is 18.5 Å². The topological polar surface area (TPSA) is 59.8 Å². The highest BCUT2D eigenvalue weighted by atomic mass is 19.3. The Balaban J connectivity index is 1.80. The molecule has 1 amide bonds. The second-order valence-corrected chi connectivity index (χ2v) is 6.29. The number of hydrogen-bond donors (Lipinski definition) is 1. The van der Waals surface area contributed by atoms with Crippen LogP contribution in [0.2, 0.25) is 0 Å². The molecule has 2 aromatic heterocycles. The molecule has 5 nitrogen and oxygen atoms in total. The Hall–Kier alpha value is -2.31. The molecule has 0 bridgehead atoms. The number of carbonyl (C=O) groups excluding carboxylic acids is 1. The largest absolute Gasteiger partial charge is 0.318 e. The van der Waals surface area contributed by atoms with E-state index in [0.717, 1.165) is 25.7 Å². The van der Waals surface area contributed by atoms with Crippen molar-refractivity contribution in [3.8, 4) is 0 Å². The predicted molar refractivity (Wildman–Crippen MR) is 86.0 cm³/mol. The van der Waals surface area contributed by atoms with Crippen molar-refractivity contribution in [2.75, 3.05) is 5.32 Å². The van der Waals surface area contributed by atoms with Gasteiger partial charge in [-0.15, -0.1) is 0 Å². The van der Waals surface area contributed by atoms with E-state index < -0.39 is 18.0 Å². The molecule has 3 rings (SSSR count). The number of rotatable bonds is 4. The van der Waals surface area contributed by atoms with Crippen molar-refractivity contribution in [3.05, 3.63) is 42.0 Å². The van der Waals surface area contributed by atoms with Gasteiger partial charge in [0.15, 0.2) is 5.69 Å². The first-order valence-electron chi connectivity index (χ1n) is 8.14. The summed E-state index contributed by atoms with van der Waals surface area (Å²) in [5.41, 5.74) is -0.158. The maximum Gasteiger partial charge on any atom is 0.284 e. The van der Waals surface area contributed by atoms with E-state index in [0.29, 0.717) is 5.92 Å². The highest BCUT2D eigenvalue weighted by Crippen LogP contribution is 2.34. The van der Waals surface area contributed by atoms with Crippen LogP contribution in [0.15, 0.2) is 30.6 Å². The summed E-state index contributed by atoms with van der Waals surface area (Å²) in [6, 6.07) is 5.00. The van der Waals surface area contributed by atoms with E-state index in [2.05, 4.69) is 22.3 Å². The average Bonchev–Trinajstić information content (AvgIpc) is 3.00. The van der Waals surface area contributed by atoms with Crippen molar-refractivity contribution in [3.63, 3.8) is 0 Å². The number of nitrogens with zero attached hydrogens (tertiary/aromatic N) is 3. The summed E-state index contributed by atoms with van der Waals surface area (Å²) in [4.78, 5) is 16.1. The van der Waals surface area contributed by atoms with Gasteiger partial charge < -0.3 is 5.32 Å². The van der Waals surface area contributed by atoms with Crippen LogP contribution in [0.25, 0.3) is 0 Å². The molecule has 0 atom stereocenters. The number of pyridine rings is 1. The molecule has 1 N–H and O–H groups in total. The zero-order chi connectivity index (χ0) is 17.1. The third kappa shape index (κ3) is 3.60. The summed E-state index contributed by atoms with van der Waals surface area (Å²) in [6.07, 6.45) is 4.21. The van der Waals surface area contributed by atoms with Crippen LogP contribution < -0.4 is 5.32 Å². The number of alkyl halides is 2. The van der Waals surface area contributed by atoms with Gasteiger partial charge in [0.2, 0.25) is 0 Å². The second-order valence-electron chi connectivity index (χ2n) is 6.29. The molecule has 0 aliphatic heterocycles. The molecule has 2 heterocycles. The lowest BCUT2D eigenvalue weighted by Gasteiger charge is -2.26. The van der Waals surface area contributed by atoms with Gasteiger partial charge in [0.05, 0.1) is 11.7 Å². The minimum absolute atomic E-state index is 0.0549. The molecule has 1 fully saturated rings. The summed E-state index contributed by atoms with van der Waals surface area (Å²) >= 11 is 0. The van der Waals surface area contributed by atoms with Crippen LogP contribution in [0.1, 0.15) is 61.3 Å². The van der Waals surface area contributed by atoms with Gasteiger partial charge in [0.25, 0.3) is 12.3 Å². The second kappa shape index (κ2) is 7.07. The minimum atomic E-state index is -2.74. The molecule has 1 aliphatic carbocycles. The molecule has 0 aromatic carbocycles. The van der Waals surface area contributed by atoms with Crippen LogP contribution in [0, 0.1) is 5.92 Å². The Bertz CT molecular complexity index is 694. The Kier molecular flexibility index (Phi) is 4.87. The fraction of sp³-hybridized carbons (Fsp3) is 0.471. The Morgan fingerprint density at radius 3 is 2.67 bits per heavy atom. The highest BCUT2D eigenvalue weighted by molar-refractivity contribution is 6.03. The monoisotopic (exact) mass is 334 g/mol. The first-order chi connectivity index (χ1) is 11.5. The number of anilines is 1. The normalized spacial score (nSPS) is 21.0. The number of amides is 1. The summed E-state index contributed by atoms with van der Waals surface area (Å²) in [5.74, 6) is 0.143. The fourth-order valence-corrected chi connectivity index (χ4v) is 3.04. The van der Waals surface area contributed by atoms with Gasteiger partial charge in [-0.25, -0.2) is 8.78 Å². The lowest BCUT2D eigenvalue weighted by atomic mass is 9.87. The van der Waals surface area contributed by atoms with Gasteiger partial charge >= 0.3 is 0 Å². The summed E-state index contributed by atoms with van der Waals surface area (Å²) in [6.45, 7) is 2.20. The van der Waals surface area contributed by atoms with Crippen LogP contribution in [0.3, 0.4) is 0 Å². The predicted octanol–water partition coefficient (Wildman–Crippen LogP) is 4.22. The fourth-order valence-electron chi connectivity index (χ4n) is 3.04. The molecule has 0 spiro atoms. The maximum absolute atomic E-state index is 13.3. The summed E-state index contributed by atoms with van der Waals surface area (Å²) < 4.78 is 28.1. The van der Waals surface area contributed by atoms with Gasteiger partial charge in [-0.05, 0) is 43.7 Å². The maximum atomic E-state index is 13.3. The molecule has 1 aliphatic rings. The van der Waals surface area contributed by atoms with Crippen molar-refractivity contribution in [2.24, 2.45) is 5.92 Å². The van der Waals surface area contributed by atoms with E-state index in [-0.39, 0.29) is 17.4 Å². The molecule has 2 aromatic rings. The SMILES string of the molecule is C[C@H]1CC[C@H](n2cc(NC(=O)c3ccccn3)c(C(F)F)n2)CC1. The van der Waals surface area contributed by atoms with Crippen molar-refractivity contribution in [1.82, 2.24) is 14.8 Å². The van der Waals surface area contributed by atoms with Crippen LogP contribution >= 0.6 is 0 Å². The van der Waals surface area contributed by atoms with Crippen molar-refractivity contribution in [2.45, 2.75) is 45.1 Å². The molecular formula is C17H20F2N4O. The summed E-state index contributed by atoms with van der Waals surface area (Å²) in [5, 5.41) is 6.55. The van der Waals surface area contributed by atoms with Crippen LogP contribution in [0.5, 0.6) is 0 Å². The van der Waals surface area contributed by atoms with Gasteiger partial charge in [-0.2, -0.15) is 5.10 Å². The molecule has 1 saturated carbocycles. The Morgan fingerprint density at radius 2 is 2.04 bits per heavy atom. The smallest absolute Gasteiger partial charge is 0.284 e. The van der Waals surface area contributed by atoms with E-state index >= 15 is 0 Å². The number of halogens is 2. The first-order valence-corrected chi connectivity index (χ1v) is 8.14. The molecule has 128 valence electrons. The standard InChI is InChI=1S/C17H20F2N4O/c1-11-5-7-12(8-6-11)23-10-14(15(22-23)16(18)19)21-17(24)13-4-2-3-9-20-13/h2-4,9-12,16H,5-8H2,1H3,(H,21,24)/t11-,12-. The lowest BCUT2D eigenvalue weighted by molar-refractivity contribution is 0.102. The van der Waals surface area contributed by atoms with E-state index in [9.17, 15) is 13.6 Å². The van der Waals surface area contributed by atoms with Crippen molar-refractivity contribution < 1.29 is 13.6 Å². The van der Waals surface area contributed by atoms with Gasteiger partial charge in [0.1, 0.15) is 5.69 Å². The third-order valence-electron chi connectivity index (χ3n) is 4.47. The van der Waals surface area contributed by atoms with Crippen molar-refractivity contribution >= 4 is 11.6 Å². The van der Waals surface area contributed by atoms with Gasteiger partial charge in [-0.3, -0.25) is 14.5 Å². The zero-order valence-corrected chi connectivity index (χ0v) is 13.5. The minimum Gasteiger partial charge on any atom is -0.318 e. The van der Waals surface area contributed by atoms with Crippen molar-refractivity contribution in [1.29, 1.82) is 0 Å². The molecule has 0 unspecified atom stereocenters. The van der Waals surface area contributed by atoms with Crippen LogP contribution in [0.4, 0.5) is 14.5 Å². The highest BCUT2D eigenvalue weighted by Gasteiger charge is 2.25. The molecular weight excluding hydrogens is 314 g/mol. The Morgan fingerprint density at radius 1 is 1.29 bits per heavy atom. The first kappa shape index (κ1) is 16.5. The van der Waals surface area contributed by atoms with E-state index in [4.69, 9.17) is 0 Å². The number of hydrogen-bond acceptors (Lipinski definition) is 3. The quantitative estimate of drug-likeness (QED) is 0.911. The third-order valence-corrected chi connectivity index (χ3v) is 4.47. The van der Waals surface area contributed by atoms with Gasteiger partial charge in [0, 0.05) is 12.4 Å². The number of nitrogens with one attached hydrogen (secondary N) is 1. The zero-order valence-electron chi connectivity index (χ0n) is 13.5. The van der Waals surface area contributed by atoms with Crippen LogP contribution in [-0.2, 0) is 0 Å². The van der Waals surface area contributed by atoms with E-state index in [1.807, 2.05) is 0 Å². The summed E-state index contributed by atoms with van der Waals surface area (Å²) in [7, 11) is 0. The van der Waals surface area contributed by atoms with Crippen LogP contribution in [-0.4, -0.2) is 20.7 Å². The number of carbonyl (C=O) groups is 1. The molecule has 0 radical (unpaired) electrons. The lowest BCUT2D eigenvalue weighted by Crippen LogP contribution is -2.17.